The first-order valence-electron chi connectivity index (χ1n) is 10.3. The van der Waals surface area contributed by atoms with Gasteiger partial charge in [0.15, 0.2) is 11.6 Å². The van der Waals surface area contributed by atoms with Gasteiger partial charge in [-0.05, 0) is 51.9 Å². The van der Waals surface area contributed by atoms with Gasteiger partial charge in [-0.2, -0.15) is 0 Å². The Morgan fingerprint density at radius 3 is 1.88 bits per heavy atom. The molecule has 4 aromatic carbocycles. The first-order chi connectivity index (χ1) is 16.3. The molecule has 0 saturated carbocycles. The van der Waals surface area contributed by atoms with Gasteiger partial charge in [0.25, 0.3) is 0 Å². The third-order valence-electron chi connectivity index (χ3n) is 5.72. The van der Waals surface area contributed by atoms with Crippen molar-refractivity contribution in [2.45, 2.75) is 0 Å². The van der Waals surface area contributed by atoms with E-state index in [1.807, 2.05) is 36.4 Å². The van der Waals surface area contributed by atoms with Crippen LogP contribution in [0.5, 0.6) is 0 Å². The zero-order chi connectivity index (χ0) is 24.0. The minimum atomic E-state index is -1.04. The maximum absolute atomic E-state index is 11.9. The average molecular weight is 450 g/mol. The summed E-state index contributed by atoms with van der Waals surface area (Å²) in [5.41, 5.74) is 14.7. The average Bonchev–Trinajstić information content (AvgIpc) is 2.83. The van der Waals surface area contributed by atoms with Crippen LogP contribution < -0.4 is 11.5 Å². The number of rotatable bonds is 4. The quantitative estimate of drug-likeness (QED) is 0.288. The standard InChI is InChI=1S/C26H18N4O4/c27-23-21(13-5-7-14(8-6-13)25(31)32)29-24(28)22(30-23)17-9-10-18(26(33)34)20-12-16-4-2-1-3-15(16)11-19(17)20/h1-12H,(H2,27,30)(H2,28,29)(H,31,32)(H,33,34). The Balaban J connectivity index is 1.71. The Bertz CT molecular complexity index is 1630. The number of carboxylic acids is 2. The monoisotopic (exact) mass is 450 g/mol. The fraction of sp³-hybridized carbons (Fsp3) is 0. The fourth-order valence-electron chi connectivity index (χ4n) is 4.07. The number of carboxylic acid groups (broad SMARTS) is 2. The number of hydrogen-bond donors (Lipinski definition) is 4. The van der Waals surface area contributed by atoms with E-state index in [-0.39, 0.29) is 22.8 Å². The molecule has 0 spiro atoms. The second kappa shape index (κ2) is 7.86. The number of fused-ring (bicyclic) bond motifs is 2. The van der Waals surface area contributed by atoms with Crippen LogP contribution >= 0.6 is 0 Å². The minimum Gasteiger partial charge on any atom is -0.478 e. The molecular formula is C26H18N4O4. The van der Waals surface area contributed by atoms with Crippen molar-refractivity contribution >= 4 is 45.1 Å². The Morgan fingerprint density at radius 1 is 0.676 bits per heavy atom. The first-order valence-corrected chi connectivity index (χ1v) is 10.3. The third kappa shape index (κ3) is 3.43. The highest BCUT2D eigenvalue weighted by Crippen LogP contribution is 2.37. The van der Waals surface area contributed by atoms with Gasteiger partial charge in [0.05, 0.1) is 11.1 Å². The molecule has 0 aliphatic heterocycles. The second-order valence-electron chi connectivity index (χ2n) is 7.78. The molecule has 1 heterocycles. The molecule has 0 amide bonds. The van der Waals surface area contributed by atoms with Crippen LogP contribution in [0.15, 0.2) is 72.8 Å². The summed E-state index contributed by atoms with van der Waals surface area (Å²) in [6.45, 7) is 0. The van der Waals surface area contributed by atoms with Gasteiger partial charge in [-0.25, -0.2) is 19.6 Å². The number of aromatic nitrogens is 2. The highest BCUT2D eigenvalue weighted by atomic mass is 16.4. The van der Waals surface area contributed by atoms with E-state index in [0.717, 1.165) is 10.8 Å². The molecule has 8 nitrogen and oxygen atoms in total. The summed E-state index contributed by atoms with van der Waals surface area (Å²) in [5, 5.41) is 21.9. The topological polar surface area (TPSA) is 152 Å². The second-order valence-corrected chi connectivity index (χ2v) is 7.78. The van der Waals surface area contributed by atoms with Crippen molar-refractivity contribution in [2.75, 3.05) is 11.5 Å². The lowest BCUT2D eigenvalue weighted by molar-refractivity contribution is 0.0687. The number of benzene rings is 4. The molecule has 5 rings (SSSR count). The predicted octanol–water partition coefficient (Wildman–Crippen LogP) is 4.68. The van der Waals surface area contributed by atoms with Crippen molar-refractivity contribution < 1.29 is 19.8 Å². The van der Waals surface area contributed by atoms with Gasteiger partial charge >= 0.3 is 11.9 Å². The molecule has 0 unspecified atom stereocenters. The number of anilines is 2. The van der Waals surface area contributed by atoms with Crippen molar-refractivity contribution in [1.29, 1.82) is 0 Å². The summed E-state index contributed by atoms with van der Waals surface area (Å²) in [6.07, 6.45) is 0. The Labute approximate surface area is 193 Å². The van der Waals surface area contributed by atoms with Gasteiger partial charge in [0.2, 0.25) is 0 Å². The summed E-state index contributed by atoms with van der Waals surface area (Å²) in [5.74, 6) is -1.84. The van der Waals surface area contributed by atoms with Crippen LogP contribution in [0.1, 0.15) is 20.7 Å². The number of nitrogens with zero attached hydrogens (tertiary/aromatic N) is 2. The lowest BCUT2D eigenvalue weighted by Crippen LogP contribution is -2.06. The van der Waals surface area contributed by atoms with E-state index < -0.39 is 11.9 Å². The SMILES string of the molecule is Nc1nc(-c2ccc(C(=O)O)c3cc4ccccc4cc23)c(N)nc1-c1ccc(C(=O)O)cc1. The molecule has 1 aromatic heterocycles. The Hall–Kier alpha value is -4.98. The van der Waals surface area contributed by atoms with Gasteiger partial charge in [0, 0.05) is 11.1 Å². The number of carbonyl (C=O) groups is 2. The van der Waals surface area contributed by atoms with Gasteiger partial charge in [-0.15, -0.1) is 0 Å². The highest BCUT2D eigenvalue weighted by Gasteiger charge is 2.19. The van der Waals surface area contributed by atoms with Crippen LogP contribution in [0.2, 0.25) is 0 Å². The van der Waals surface area contributed by atoms with Crippen LogP contribution in [-0.2, 0) is 0 Å². The summed E-state index contributed by atoms with van der Waals surface area (Å²) in [4.78, 5) is 32.0. The van der Waals surface area contributed by atoms with Crippen molar-refractivity contribution in [3.8, 4) is 22.5 Å². The molecule has 0 aliphatic rings. The van der Waals surface area contributed by atoms with E-state index in [4.69, 9.17) is 16.6 Å². The zero-order valence-corrected chi connectivity index (χ0v) is 17.7. The van der Waals surface area contributed by atoms with Crippen LogP contribution in [0.3, 0.4) is 0 Å². The van der Waals surface area contributed by atoms with Gasteiger partial charge < -0.3 is 21.7 Å². The molecule has 0 radical (unpaired) electrons. The minimum absolute atomic E-state index is 0.114. The number of nitrogens with two attached hydrogens (primary N) is 2. The van der Waals surface area contributed by atoms with Crippen molar-refractivity contribution in [2.24, 2.45) is 0 Å². The maximum Gasteiger partial charge on any atom is 0.336 e. The lowest BCUT2D eigenvalue weighted by Gasteiger charge is -2.14. The number of hydrogen-bond acceptors (Lipinski definition) is 6. The zero-order valence-electron chi connectivity index (χ0n) is 17.7. The summed E-state index contributed by atoms with van der Waals surface area (Å²) >= 11 is 0. The van der Waals surface area contributed by atoms with Crippen LogP contribution in [-0.4, -0.2) is 32.1 Å². The molecule has 34 heavy (non-hydrogen) atoms. The highest BCUT2D eigenvalue weighted by molar-refractivity contribution is 6.13. The van der Waals surface area contributed by atoms with Crippen LogP contribution in [0.4, 0.5) is 11.6 Å². The van der Waals surface area contributed by atoms with E-state index in [1.54, 1.807) is 18.2 Å². The molecule has 0 bridgehead atoms. The summed E-state index contributed by atoms with van der Waals surface area (Å²) in [7, 11) is 0. The molecule has 6 N–H and O–H groups in total. The molecule has 5 aromatic rings. The van der Waals surface area contributed by atoms with E-state index >= 15 is 0 Å². The third-order valence-corrected chi connectivity index (χ3v) is 5.72. The van der Waals surface area contributed by atoms with Crippen LogP contribution in [0, 0.1) is 0 Å². The molecule has 0 atom stereocenters. The Morgan fingerprint density at radius 2 is 1.26 bits per heavy atom. The number of aromatic carboxylic acids is 2. The van der Waals surface area contributed by atoms with E-state index in [0.29, 0.717) is 33.3 Å². The Kier molecular flexibility index (Phi) is 4.83. The van der Waals surface area contributed by atoms with Crippen molar-refractivity contribution in [1.82, 2.24) is 9.97 Å². The van der Waals surface area contributed by atoms with Gasteiger partial charge in [-0.1, -0.05) is 42.5 Å². The summed E-state index contributed by atoms with van der Waals surface area (Å²) < 4.78 is 0. The molecule has 8 heteroatoms. The normalized spacial score (nSPS) is 11.1. The van der Waals surface area contributed by atoms with Crippen LogP contribution in [0.25, 0.3) is 44.1 Å². The largest absolute Gasteiger partial charge is 0.478 e. The van der Waals surface area contributed by atoms with Gasteiger partial charge in [0.1, 0.15) is 11.4 Å². The molecule has 0 aliphatic carbocycles. The molecule has 0 fully saturated rings. The maximum atomic E-state index is 11.9. The van der Waals surface area contributed by atoms with E-state index in [2.05, 4.69) is 9.97 Å². The van der Waals surface area contributed by atoms with Gasteiger partial charge in [-0.3, -0.25) is 0 Å². The first kappa shape index (κ1) is 20.9. The smallest absolute Gasteiger partial charge is 0.336 e. The molecular weight excluding hydrogens is 432 g/mol. The van der Waals surface area contributed by atoms with E-state index in [9.17, 15) is 14.7 Å². The fourth-order valence-corrected chi connectivity index (χ4v) is 4.07. The lowest BCUT2D eigenvalue weighted by atomic mass is 9.94. The predicted molar refractivity (Wildman–Crippen MR) is 131 cm³/mol. The molecule has 166 valence electrons. The van der Waals surface area contributed by atoms with Crippen molar-refractivity contribution in [3.63, 3.8) is 0 Å². The summed E-state index contributed by atoms with van der Waals surface area (Å²) in [6, 6.07) is 20.7. The van der Waals surface area contributed by atoms with E-state index in [1.165, 1.54) is 18.2 Å². The van der Waals surface area contributed by atoms with Crippen molar-refractivity contribution in [3.05, 3.63) is 83.9 Å². The number of nitrogen functional groups attached to an aromatic ring is 2. The molecule has 0 saturated heterocycles.